The van der Waals surface area contributed by atoms with E-state index in [4.69, 9.17) is 0 Å². The van der Waals surface area contributed by atoms with E-state index < -0.39 is 15.8 Å². The van der Waals surface area contributed by atoms with Gasteiger partial charge in [-0.2, -0.15) is 0 Å². The lowest BCUT2D eigenvalue weighted by Crippen LogP contribution is -2.06. The first kappa shape index (κ1) is 14.8. The van der Waals surface area contributed by atoms with Crippen LogP contribution in [0.4, 0.5) is 0 Å². The first-order valence-corrected chi connectivity index (χ1v) is 8.55. The maximum atomic E-state index is 11.5. The van der Waals surface area contributed by atoms with Gasteiger partial charge in [0.05, 0.1) is 10.5 Å². The second-order valence-corrected chi connectivity index (χ2v) is 7.13. The van der Waals surface area contributed by atoms with Crippen LogP contribution in [0, 0.1) is 0 Å². The van der Waals surface area contributed by atoms with Gasteiger partial charge in [-0.05, 0) is 49.0 Å². The van der Waals surface area contributed by atoms with Crippen molar-refractivity contribution in [1.29, 1.82) is 0 Å². The zero-order valence-corrected chi connectivity index (χ0v) is 12.2. The molecule has 0 fully saturated rings. The number of carboxylic acid groups (broad SMARTS) is 1. The molecule has 0 spiro atoms. The van der Waals surface area contributed by atoms with Crippen molar-refractivity contribution in [1.82, 2.24) is 0 Å². The molecule has 20 heavy (non-hydrogen) atoms. The van der Waals surface area contributed by atoms with Crippen LogP contribution in [0.1, 0.15) is 48.0 Å². The minimum atomic E-state index is -3.40. The summed E-state index contributed by atoms with van der Waals surface area (Å²) in [6, 6.07) is 4.37. The van der Waals surface area contributed by atoms with Crippen molar-refractivity contribution in [3.05, 3.63) is 35.4 Å². The Morgan fingerprint density at radius 1 is 1.20 bits per heavy atom. The molecule has 0 amide bonds. The molecule has 0 saturated heterocycles. The van der Waals surface area contributed by atoms with E-state index in [1.807, 2.05) is 0 Å². The van der Waals surface area contributed by atoms with Crippen LogP contribution in [0.3, 0.4) is 0 Å². The Labute approximate surface area is 119 Å². The first-order chi connectivity index (χ1) is 9.39. The maximum absolute atomic E-state index is 11.5. The molecule has 1 aromatic carbocycles. The fraction of sp³-hybridized carbons (Fsp3) is 0.400. The van der Waals surface area contributed by atoms with Gasteiger partial charge in [0.15, 0.2) is 9.84 Å². The highest BCUT2D eigenvalue weighted by Gasteiger charge is 2.18. The Morgan fingerprint density at radius 2 is 1.95 bits per heavy atom. The zero-order chi connectivity index (χ0) is 14.8. The highest BCUT2D eigenvalue weighted by atomic mass is 32.2. The molecule has 0 atom stereocenters. The highest BCUT2D eigenvalue weighted by molar-refractivity contribution is 7.90. The summed E-state index contributed by atoms with van der Waals surface area (Å²) in [4.78, 5) is 11.5. The second kappa shape index (κ2) is 5.79. The van der Waals surface area contributed by atoms with Crippen LogP contribution in [0.25, 0.3) is 5.57 Å². The summed E-state index contributed by atoms with van der Waals surface area (Å²) in [5.41, 5.74) is 1.73. The average Bonchev–Trinajstić information content (AvgIpc) is 2.65. The van der Waals surface area contributed by atoms with Crippen molar-refractivity contribution < 1.29 is 18.3 Å². The molecule has 5 heteroatoms. The molecule has 1 aliphatic carbocycles. The highest BCUT2D eigenvalue weighted by Crippen LogP contribution is 2.29. The smallest absolute Gasteiger partial charge is 0.336 e. The van der Waals surface area contributed by atoms with E-state index >= 15 is 0 Å². The molecule has 4 nitrogen and oxygen atoms in total. The molecule has 108 valence electrons. The lowest BCUT2D eigenvalue weighted by Gasteiger charge is -2.11. The van der Waals surface area contributed by atoms with Gasteiger partial charge >= 0.3 is 5.97 Å². The van der Waals surface area contributed by atoms with Crippen LogP contribution in [0.2, 0.25) is 0 Å². The molecular weight excluding hydrogens is 276 g/mol. The summed E-state index contributed by atoms with van der Waals surface area (Å²) in [5.74, 6) is -1.09. The Hall–Kier alpha value is -1.62. The van der Waals surface area contributed by atoms with E-state index in [0.29, 0.717) is 5.56 Å². The van der Waals surface area contributed by atoms with Gasteiger partial charge in [-0.1, -0.05) is 18.6 Å². The first-order valence-electron chi connectivity index (χ1n) is 6.66. The standard InChI is InChI=1S/C15H18O4S/c1-20(18,19)12-8-9-13(14(10-12)15(16)17)11-6-4-2-3-5-7-11/h6,8-10H,2-5,7H2,1H3,(H,16,17). The molecular formula is C15H18O4S. The summed E-state index contributed by atoms with van der Waals surface area (Å²) in [7, 11) is -3.40. The van der Waals surface area contributed by atoms with Gasteiger partial charge < -0.3 is 5.11 Å². The van der Waals surface area contributed by atoms with E-state index in [9.17, 15) is 18.3 Å². The van der Waals surface area contributed by atoms with Gasteiger partial charge in [-0.3, -0.25) is 0 Å². The van der Waals surface area contributed by atoms with Gasteiger partial charge in [-0.25, -0.2) is 13.2 Å². The van der Waals surface area contributed by atoms with Crippen LogP contribution in [0.5, 0.6) is 0 Å². The number of carboxylic acids is 1. The molecule has 0 heterocycles. The monoisotopic (exact) mass is 294 g/mol. The summed E-state index contributed by atoms with van der Waals surface area (Å²) >= 11 is 0. The molecule has 0 radical (unpaired) electrons. The topological polar surface area (TPSA) is 71.4 Å². The molecule has 1 aliphatic rings. The van der Waals surface area contributed by atoms with Crippen molar-refractivity contribution in [2.45, 2.75) is 37.0 Å². The maximum Gasteiger partial charge on any atom is 0.336 e. The number of carbonyl (C=O) groups is 1. The molecule has 1 N–H and O–H groups in total. The lowest BCUT2D eigenvalue weighted by molar-refractivity contribution is 0.0696. The van der Waals surface area contributed by atoms with Gasteiger partial charge in [0.2, 0.25) is 0 Å². The van der Waals surface area contributed by atoms with Crippen LogP contribution in [-0.2, 0) is 9.84 Å². The van der Waals surface area contributed by atoms with Crippen molar-refractivity contribution in [3.63, 3.8) is 0 Å². The second-order valence-electron chi connectivity index (χ2n) is 5.11. The Balaban J connectivity index is 2.53. The predicted molar refractivity (Wildman–Crippen MR) is 77.6 cm³/mol. The summed E-state index contributed by atoms with van der Waals surface area (Å²) in [5, 5.41) is 9.33. The van der Waals surface area contributed by atoms with Crippen LogP contribution >= 0.6 is 0 Å². The minimum absolute atomic E-state index is 0.0490. The Bertz CT molecular complexity index is 656. The summed E-state index contributed by atoms with van der Waals surface area (Å²) < 4.78 is 23.1. The van der Waals surface area contributed by atoms with Crippen molar-refractivity contribution in [2.24, 2.45) is 0 Å². The van der Waals surface area contributed by atoms with Crippen molar-refractivity contribution in [2.75, 3.05) is 6.26 Å². The largest absolute Gasteiger partial charge is 0.478 e. The average molecular weight is 294 g/mol. The summed E-state index contributed by atoms with van der Waals surface area (Å²) in [6.45, 7) is 0. The molecule has 1 aromatic rings. The van der Waals surface area contributed by atoms with Crippen molar-refractivity contribution >= 4 is 21.4 Å². The molecule has 0 aromatic heterocycles. The number of sulfone groups is 1. The number of benzene rings is 1. The fourth-order valence-corrected chi connectivity index (χ4v) is 3.12. The summed E-state index contributed by atoms with van der Waals surface area (Å²) in [6.07, 6.45) is 8.25. The quantitative estimate of drug-likeness (QED) is 0.929. The predicted octanol–water partition coefficient (Wildman–Crippen LogP) is 3.14. The Morgan fingerprint density at radius 3 is 2.60 bits per heavy atom. The van der Waals surface area contributed by atoms with E-state index in [-0.39, 0.29) is 10.5 Å². The molecule has 0 bridgehead atoms. The van der Waals surface area contributed by atoms with Crippen molar-refractivity contribution in [3.8, 4) is 0 Å². The van der Waals surface area contributed by atoms with E-state index in [1.54, 1.807) is 6.07 Å². The zero-order valence-electron chi connectivity index (χ0n) is 11.4. The lowest BCUT2D eigenvalue weighted by atomic mass is 9.96. The van der Waals surface area contributed by atoms with E-state index in [0.717, 1.165) is 43.9 Å². The number of aromatic carboxylic acids is 1. The molecule has 0 aliphatic heterocycles. The molecule has 2 rings (SSSR count). The van der Waals surface area contributed by atoms with Crippen LogP contribution in [-0.4, -0.2) is 25.7 Å². The molecule has 0 unspecified atom stereocenters. The number of hydrogen-bond donors (Lipinski definition) is 1. The van der Waals surface area contributed by atoms with Crippen LogP contribution in [0.15, 0.2) is 29.2 Å². The molecule has 0 saturated carbocycles. The third kappa shape index (κ3) is 3.28. The number of hydrogen-bond acceptors (Lipinski definition) is 3. The van der Waals surface area contributed by atoms with Gasteiger partial charge in [0.1, 0.15) is 0 Å². The van der Waals surface area contributed by atoms with Crippen LogP contribution < -0.4 is 0 Å². The number of allylic oxidation sites excluding steroid dienone is 2. The number of rotatable bonds is 3. The Kier molecular flexibility index (Phi) is 4.28. The SMILES string of the molecule is CS(=O)(=O)c1ccc(C2=CCCCCC2)c(C(=O)O)c1. The fourth-order valence-electron chi connectivity index (χ4n) is 2.47. The third-order valence-corrected chi connectivity index (χ3v) is 4.65. The van der Waals surface area contributed by atoms with Gasteiger partial charge in [0.25, 0.3) is 0 Å². The van der Waals surface area contributed by atoms with E-state index in [1.165, 1.54) is 12.1 Å². The van der Waals surface area contributed by atoms with E-state index in [2.05, 4.69) is 6.08 Å². The van der Waals surface area contributed by atoms with Gasteiger partial charge in [0, 0.05) is 6.26 Å². The third-order valence-electron chi connectivity index (χ3n) is 3.54. The minimum Gasteiger partial charge on any atom is -0.478 e. The van der Waals surface area contributed by atoms with Gasteiger partial charge in [-0.15, -0.1) is 0 Å². The normalized spacial score (nSPS) is 16.4.